The Labute approximate surface area is 103 Å². The molecule has 2 rings (SSSR count). The second kappa shape index (κ2) is 6.99. The Morgan fingerprint density at radius 3 is 2.76 bits per heavy atom. The molecule has 0 saturated heterocycles. The number of hydrogen-bond donors (Lipinski definition) is 1. The van der Waals surface area contributed by atoms with Crippen molar-refractivity contribution < 1.29 is 4.79 Å². The normalized spacial score (nSPS) is 15.5. The Bertz CT molecular complexity index is 336. The summed E-state index contributed by atoms with van der Waals surface area (Å²) in [7, 11) is 0. The molecule has 1 aliphatic rings. The smallest absolute Gasteiger partial charge is 0.270 e. The van der Waals surface area contributed by atoms with E-state index in [1.807, 2.05) is 20.8 Å². The molecule has 4 heteroatoms. The molecular formula is C13H21N3O. The first-order valence-corrected chi connectivity index (χ1v) is 6.32. The van der Waals surface area contributed by atoms with Crippen molar-refractivity contribution >= 4 is 5.91 Å². The van der Waals surface area contributed by atoms with Crippen LogP contribution in [0.4, 0.5) is 0 Å². The Morgan fingerprint density at radius 2 is 2.24 bits per heavy atom. The van der Waals surface area contributed by atoms with E-state index < -0.39 is 0 Å². The maximum absolute atomic E-state index is 11.7. The topological polar surface area (TPSA) is 54.9 Å². The van der Waals surface area contributed by atoms with Crippen LogP contribution in [0.3, 0.4) is 0 Å². The minimum Gasteiger partial charge on any atom is -0.348 e. The van der Waals surface area contributed by atoms with Gasteiger partial charge in [-0.15, -0.1) is 0 Å². The van der Waals surface area contributed by atoms with Gasteiger partial charge in [0.2, 0.25) is 0 Å². The van der Waals surface area contributed by atoms with E-state index in [9.17, 15) is 4.79 Å². The average molecular weight is 235 g/mol. The van der Waals surface area contributed by atoms with Crippen molar-refractivity contribution in [2.45, 2.75) is 46.1 Å². The molecule has 4 nitrogen and oxygen atoms in total. The van der Waals surface area contributed by atoms with Gasteiger partial charge in [-0.25, -0.2) is 9.97 Å². The fourth-order valence-corrected chi connectivity index (χ4v) is 1.64. The van der Waals surface area contributed by atoms with E-state index in [-0.39, 0.29) is 11.9 Å². The third-order valence-electron chi connectivity index (χ3n) is 2.58. The highest BCUT2D eigenvalue weighted by molar-refractivity contribution is 5.92. The molecule has 0 bridgehead atoms. The van der Waals surface area contributed by atoms with Crippen molar-refractivity contribution in [1.82, 2.24) is 15.3 Å². The van der Waals surface area contributed by atoms with Gasteiger partial charge in [0.05, 0.1) is 0 Å². The van der Waals surface area contributed by atoms with E-state index in [0.29, 0.717) is 5.69 Å². The van der Waals surface area contributed by atoms with Crippen LogP contribution in [-0.4, -0.2) is 21.9 Å². The van der Waals surface area contributed by atoms with Gasteiger partial charge in [-0.3, -0.25) is 4.79 Å². The largest absolute Gasteiger partial charge is 0.348 e. The van der Waals surface area contributed by atoms with Gasteiger partial charge >= 0.3 is 0 Å². The van der Waals surface area contributed by atoms with E-state index in [1.54, 1.807) is 12.3 Å². The minimum absolute atomic E-state index is 0.106. The fourth-order valence-electron chi connectivity index (χ4n) is 1.64. The summed E-state index contributed by atoms with van der Waals surface area (Å²) in [5.41, 5.74) is 0.438. The summed E-state index contributed by atoms with van der Waals surface area (Å²) in [5.74, 6) is 0.719. The van der Waals surface area contributed by atoms with Crippen LogP contribution in [0.1, 0.15) is 50.5 Å². The van der Waals surface area contributed by atoms with E-state index in [2.05, 4.69) is 15.3 Å². The van der Waals surface area contributed by atoms with Gasteiger partial charge < -0.3 is 5.32 Å². The Hall–Kier alpha value is -1.45. The summed E-state index contributed by atoms with van der Waals surface area (Å²) in [6, 6.07) is 1.86. The summed E-state index contributed by atoms with van der Waals surface area (Å²) in [6.07, 6.45) is 6.67. The first-order valence-electron chi connectivity index (χ1n) is 6.32. The molecule has 0 spiro atoms. The highest BCUT2D eigenvalue weighted by Crippen LogP contribution is 2.33. The van der Waals surface area contributed by atoms with Gasteiger partial charge in [0.25, 0.3) is 5.91 Å². The lowest BCUT2D eigenvalue weighted by atomic mass is 10.1. The number of rotatable bonds is 4. The zero-order valence-electron chi connectivity index (χ0n) is 10.8. The van der Waals surface area contributed by atoms with Crippen LogP contribution in [-0.2, 0) is 0 Å². The van der Waals surface area contributed by atoms with Crippen LogP contribution in [0.5, 0.6) is 0 Å². The maximum Gasteiger partial charge on any atom is 0.270 e. The van der Waals surface area contributed by atoms with Gasteiger partial charge in [0.15, 0.2) is 0 Å². The predicted octanol–water partition coefficient (Wildman–Crippen LogP) is 2.42. The highest BCUT2D eigenvalue weighted by Gasteiger charge is 2.24. The zero-order chi connectivity index (χ0) is 12.7. The van der Waals surface area contributed by atoms with Gasteiger partial charge in [0, 0.05) is 12.2 Å². The molecule has 1 atom stereocenters. The molecule has 1 heterocycles. The molecule has 0 aliphatic heterocycles. The van der Waals surface area contributed by atoms with Crippen LogP contribution < -0.4 is 5.32 Å². The van der Waals surface area contributed by atoms with Gasteiger partial charge in [0.1, 0.15) is 12.0 Å². The van der Waals surface area contributed by atoms with Crippen molar-refractivity contribution in [3.8, 4) is 0 Å². The Balaban J connectivity index is 0.000000686. The van der Waals surface area contributed by atoms with Crippen molar-refractivity contribution in [3.05, 3.63) is 24.3 Å². The molecule has 0 aromatic carbocycles. The molecule has 1 N–H and O–H groups in total. The van der Waals surface area contributed by atoms with Gasteiger partial charge in [-0.05, 0) is 25.3 Å². The number of hydrogen-bond acceptors (Lipinski definition) is 3. The van der Waals surface area contributed by atoms with Crippen molar-refractivity contribution in [3.63, 3.8) is 0 Å². The van der Waals surface area contributed by atoms with Crippen molar-refractivity contribution in [2.75, 3.05) is 0 Å². The SMILES string of the molecule is CC.CC(CC1CC1)NC(=O)c1ccncn1. The van der Waals surface area contributed by atoms with E-state index in [4.69, 9.17) is 0 Å². The average Bonchev–Trinajstić information content (AvgIpc) is 3.16. The molecule has 1 aliphatic carbocycles. The lowest BCUT2D eigenvalue weighted by Crippen LogP contribution is -2.33. The van der Waals surface area contributed by atoms with Crippen LogP contribution in [0, 0.1) is 5.92 Å². The molecule has 1 aromatic heterocycles. The van der Waals surface area contributed by atoms with Crippen LogP contribution >= 0.6 is 0 Å². The van der Waals surface area contributed by atoms with Crippen molar-refractivity contribution in [1.29, 1.82) is 0 Å². The molecule has 1 fully saturated rings. The molecule has 1 unspecified atom stereocenters. The first kappa shape index (κ1) is 13.6. The van der Waals surface area contributed by atoms with Crippen molar-refractivity contribution in [2.24, 2.45) is 5.92 Å². The minimum atomic E-state index is -0.106. The Kier molecular flexibility index (Phi) is 5.60. The zero-order valence-corrected chi connectivity index (χ0v) is 10.8. The molecule has 94 valence electrons. The maximum atomic E-state index is 11.7. The number of carbonyl (C=O) groups excluding carboxylic acids is 1. The molecule has 0 radical (unpaired) electrons. The summed E-state index contributed by atoms with van der Waals surface area (Å²) in [6.45, 7) is 6.04. The van der Waals surface area contributed by atoms with Gasteiger partial charge in [-0.2, -0.15) is 0 Å². The highest BCUT2D eigenvalue weighted by atomic mass is 16.1. The molecule has 1 saturated carbocycles. The fraction of sp³-hybridized carbons (Fsp3) is 0.615. The van der Waals surface area contributed by atoms with Crippen LogP contribution in [0.2, 0.25) is 0 Å². The summed E-state index contributed by atoms with van der Waals surface area (Å²) in [5, 5.41) is 2.94. The number of aromatic nitrogens is 2. The van der Waals surface area contributed by atoms with E-state index >= 15 is 0 Å². The number of amides is 1. The first-order chi connectivity index (χ1) is 8.25. The van der Waals surface area contributed by atoms with E-state index in [1.165, 1.54) is 19.2 Å². The number of nitrogens with zero attached hydrogens (tertiary/aromatic N) is 2. The predicted molar refractivity (Wildman–Crippen MR) is 67.6 cm³/mol. The molecular weight excluding hydrogens is 214 g/mol. The van der Waals surface area contributed by atoms with Crippen LogP contribution in [0.15, 0.2) is 18.6 Å². The molecule has 1 aromatic rings. The quantitative estimate of drug-likeness (QED) is 0.872. The number of nitrogens with one attached hydrogen (secondary N) is 1. The third-order valence-corrected chi connectivity index (χ3v) is 2.58. The van der Waals surface area contributed by atoms with Gasteiger partial charge in [-0.1, -0.05) is 26.7 Å². The molecule has 17 heavy (non-hydrogen) atoms. The Morgan fingerprint density at radius 1 is 1.53 bits per heavy atom. The molecule has 1 amide bonds. The summed E-state index contributed by atoms with van der Waals surface area (Å²) in [4.78, 5) is 19.3. The number of carbonyl (C=O) groups is 1. The lowest BCUT2D eigenvalue weighted by molar-refractivity contribution is 0.0932. The summed E-state index contributed by atoms with van der Waals surface area (Å²) >= 11 is 0. The third kappa shape index (κ3) is 4.93. The second-order valence-electron chi connectivity index (χ2n) is 4.15. The van der Waals surface area contributed by atoms with Crippen LogP contribution in [0.25, 0.3) is 0 Å². The second-order valence-corrected chi connectivity index (χ2v) is 4.15. The standard InChI is InChI=1S/C11H15N3O.C2H6/c1-8(6-9-2-3-9)14-11(15)10-4-5-12-7-13-10;1-2/h4-5,7-9H,2-3,6H2,1H3,(H,14,15);1-2H3. The lowest BCUT2D eigenvalue weighted by Gasteiger charge is -2.12. The van der Waals surface area contributed by atoms with E-state index in [0.717, 1.165) is 12.3 Å². The monoisotopic (exact) mass is 235 g/mol. The summed E-state index contributed by atoms with van der Waals surface area (Å²) < 4.78 is 0.